The Bertz CT molecular complexity index is 2580. The van der Waals surface area contributed by atoms with Crippen molar-refractivity contribution in [1.29, 1.82) is 5.26 Å². The van der Waals surface area contributed by atoms with E-state index in [-0.39, 0.29) is 39.9 Å². The van der Waals surface area contributed by atoms with E-state index in [1.807, 2.05) is 18.2 Å². The summed E-state index contributed by atoms with van der Waals surface area (Å²) >= 11 is 6.48. The third-order valence-electron chi connectivity index (χ3n) is 13.8. The zero-order valence-electron chi connectivity index (χ0n) is 41.8. The minimum Gasteiger partial charge on any atom is -0.484 e. The third kappa shape index (κ3) is 16.4. The molecule has 3 aromatic carbocycles. The van der Waals surface area contributed by atoms with Crippen molar-refractivity contribution in [1.82, 2.24) is 46.0 Å². The summed E-state index contributed by atoms with van der Waals surface area (Å²) in [6.07, 6.45) is 3.14. The molecule has 0 aromatic heterocycles. The highest BCUT2D eigenvalue weighted by atomic mass is 35.5. The molecule has 8 N–H and O–H groups in total. The van der Waals surface area contributed by atoms with Gasteiger partial charge in [0, 0.05) is 88.6 Å². The van der Waals surface area contributed by atoms with Crippen LogP contribution in [0.15, 0.2) is 70.5 Å². The van der Waals surface area contributed by atoms with E-state index in [2.05, 4.69) is 65.9 Å². The number of carbonyl (C=O) groups excluding carboxylic acids is 2. The highest BCUT2D eigenvalue weighted by molar-refractivity contribution is 7.89. The molecule has 3 saturated heterocycles. The van der Waals surface area contributed by atoms with Crippen LogP contribution in [-0.2, 0) is 35.9 Å². The number of carbonyl (C=O) groups is 2. The minimum atomic E-state index is -3.80. The fourth-order valence-electron chi connectivity index (χ4n) is 10.3. The number of nitriles is 1. The molecular formula is C50H72ClN11O9S2. The van der Waals surface area contributed by atoms with Crippen molar-refractivity contribution in [2.45, 2.75) is 91.9 Å². The summed E-state index contributed by atoms with van der Waals surface area (Å²) < 4.78 is 71.9. The van der Waals surface area contributed by atoms with Crippen LogP contribution >= 0.6 is 11.6 Å². The Morgan fingerprint density at radius 2 is 1.38 bits per heavy atom. The molecule has 7 rings (SSSR count). The standard InChI is InChI=1S/C50H72ClN11O9S2/c1-35-31-62(32-36(2)58-35)46-29-44-38(30-52)27-39(51)28-45(44)48(46)71-41-9-11-42(12-10-41)73(67,68)59-40-14-20-61(34-40)22-26-70-24-18-57-50(64)55-16-6-5-15-54-49(63)56-17-23-69-25-21-60-19-13-37(33-60)43-7-3-4-8-47(43)72(53,65)66/h3-4,7-12,27-28,35-37,40,46,48,58-59H,5-6,13-26,29,31-34H2,1-2H3,(H2,53,65,66)(H2,54,56,63)(H2,55,57,64)/t35-,36+,37-,40+,46-,48-/m0/s1. The molecule has 73 heavy (non-hydrogen) atoms. The van der Waals surface area contributed by atoms with Crippen molar-refractivity contribution in [2.24, 2.45) is 5.14 Å². The monoisotopic (exact) mass is 1070 g/mol. The lowest BCUT2D eigenvalue weighted by Crippen LogP contribution is -2.58. The van der Waals surface area contributed by atoms with Crippen LogP contribution < -0.4 is 41.2 Å². The molecule has 0 unspecified atom stereocenters. The van der Waals surface area contributed by atoms with Crippen LogP contribution in [-0.4, -0.2) is 173 Å². The smallest absolute Gasteiger partial charge is 0.314 e. The maximum atomic E-state index is 13.5. The normalized spacial score (nSPS) is 22.7. The largest absolute Gasteiger partial charge is 0.484 e. The number of ether oxygens (including phenoxy) is 3. The van der Waals surface area contributed by atoms with Gasteiger partial charge in [-0.15, -0.1) is 0 Å². The molecular weight excluding hydrogens is 998 g/mol. The molecule has 3 aromatic rings. The van der Waals surface area contributed by atoms with Gasteiger partial charge in [-0.2, -0.15) is 5.26 Å². The molecule has 3 aliphatic heterocycles. The summed E-state index contributed by atoms with van der Waals surface area (Å²) in [5, 5.41) is 30.6. The first-order valence-electron chi connectivity index (χ1n) is 25.3. The third-order valence-corrected chi connectivity index (χ3v) is 16.5. The number of piperazine rings is 1. The Balaban J connectivity index is 0.692. The summed E-state index contributed by atoms with van der Waals surface area (Å²) in [4.78, 5) is 31.5. The van der Waals surface area contributed by atoms with Crippen LogP contribution in [0.1, 0.15) is 73.8 Å². The van der Waals surface area contributed by atoms with Crippen LogP contribution in [0.3, 0.4) is 0 Å². The molecule has 23 heteroatoms. The second kappa shape index (κ2) is 26.7. The van der Waals surface area contributed by atoms with Crippen molar-refractivity contribution in [3.8, 4) is 11.8 Å². The van der Waals surface area contributed by atoms with E-state index in [4.69, 9.17) is 31.0 Å². The van der Waals surface area contributed by atoms with Crippen LogP contribution in [0, 0.1) is 11.3 Å². The van der Waals surface area contributed by atoms with Crippen LogP contribution in [0.4, 0.5) is 9.59 Å². The van der Waals surface area contributed by atoms with Gasteiger partial charge >= 0.3 is 12.1 Å². The molecule has 400 valence electrons. The Labute approximate surface area is 435 Å². The number of halogens is 1. The van der Waals surface area contributed by atoms with E-state index in [9.17, 15) is 31.7 Å². The highest BCUT2D eigenvalue weighted by Gasteiger charge is 2.42. The first-order valence-corrected chi connectivity index (χ1v) is 28.7. The zero-order valence-corrected chi connectivity index (χ0v) is 44.2. The molecule has 0 saturated carbocycles. The van der Waals surface area contributed by atoms with Crippen molar-refractivity contribution in [3.05, 3.63) is 87.9 Å². The number of hydrogen-bond acceptors (Lipinski definition) is 14. The van der Waals surface area contributed by atoms with Gasteiger partial charge < -0.3 is 45.7 Å². The Morgan fingerprint density at radius 1 is 0.781 bits per heavy atom. The van der Waals surface area contributed by atoms with Gasteiger partial charge in [0.05, 0.1) is 53.9 Å². The van der Waals surface area contributed by atoms with Crippen LogP contribution in [0.25, 0.3) is 0 Å². The average molecular weight is 1070 g/mol. The number of primary sulfonamides is 1. The van der Waals surface area contributed by atoms with Gasteiger partial charge in [0.15, 0.2) is 0 Å². The highest BCUT2D eigenvalue weighted by Crippen LogP contribution is 2.42. The maximum Gasteiger partial charge on any atom is 0.314 e. The van der Waals surface area contributed by atoms with Crippen molar-refractivity contribution in [2.75, 3.05) is 105 Å². The summed E-state index contributed by atoms with van der Waals surface area (Å²) in [7, 11) is -7.58. The summed E-state index contributed by atoms with van der Waals surface area (Å²) in [6, 6.07) is 19.0. The van der Waals surface area contributed by atoms with E-state index in [1.54, 1.807) is 42.5 Å². The van der Waals surface area contributed by atoms with Gasteiger partial charge in [0.25, 0.3) is 0 Å². The molecule has 20 nitrogen and oxygen atoms in total. The fraction of sp³-hybridized carbons (Fsp3) is 0.580. The van der Waals surface area contributed by atoms with E-state index in [1.165, 1.54) is 0 Å². The van der Waals surface area contributed by atoms with Crippen molar-refractivity contribution in [3.63, 3.8) is 0 Å². The topological polar surface area (TPSA) is 262 Å². The van der Waals surface area contributed by atoms with E-state index in [0.717, 1.165) is 55.8 Å². The van der Waals surface area contributed by atoms with Gasteiger partial charge in [-0.1, -0.05) is 29.8 Å². The number of sulfonamides is 2. The molecule has 0 radical (unpaired) electrons. The number of nitrogens with one attached hydrogen (secondary N) is 6. The molecule has 6 atom stereocenters. The molecule has 3 fully saturated rings. The van der Waals surface area contributed by atoms with E-state index >= 15 is 0 Å². The molecule has 1 aliphatic carbocycles. The summed E-state index contributed by atoms with van der Waals surface area (Å²) in [5.41, 5.74) is 3.14. The molecule has 4 amide bonds. The number of benzene rings is 3. The number of rotatable bonds is 25. The lowest BCUT2D eigenvalue weighted by molar-refractivity contribution is 0.0480. The van der Waals surface area contributed by atoms with E-state index in [0.29, 0.717) is 126 Å². The molecule has 0 bridgehead atoms. The van der Waals surface area contributed by atoms with Gasteiger partial charge in [0.1, 0.15) is 11.9 Å². The van der Waals surface area contributed by atoms with Crippen molar-refractivity contribution >= 4 is 43.7 Å². The number of fused-ring (bicyclic) bond motifs is 1. The average Bonchev–Trinajstić information content (AvgIpc) is 4.11. The predicted molar refractivity (Wildman–Crippen MR) is 278 cm³/mol. The molecule has 0 spiro atoms. The Morgan fingerprint density at radius 3 is 2.01 bits per heavy atom. The van der Waals surface area contributed by atoms with E-state index < -0.39 is 26.2 Å². The first-order chi connectivity index (χ1) is 35.1. The molecule has 3 heterocycles. The molecule has 4 aliphatic rings. The summed E-state index contributed by atoms with van der Waals surface area (Å²) in [5.74, 6) is 0.621. The predicted octanol–water partition coefficient (Wildman–Crippen LogP) is 2.84. The number of unbranched alkanes of at least 4 members (excludes halogenated alkanes) is 1. The van der Waals surface area contributed by atoms with Gasteiger partial charge in [-0.05, 0) is 124 Å². The number of hydrogen-bond donors (Lipinski definition) is 7. The SMILES string of the molecule is C[C@@H]1CN([C@H]2Cc3c(C#N)cc(Cl)cc3[C@@H]2Oc2ccc(S(=O)(=O)N[C@@H]3CCN(CCOCCNC(=O)NCCCCNC(=O)NCCOCCN4CC[C@H](c5ccccc5S(N)(=O)=O)C4)C3)cc2)C[C@H](C)N1. The number of nitrogens with two attached hydrogens (primary N) is 1. The number of urea groups is 2. The van der Waals surface area contributed by atoms with Gasteiger partial charge in [0.2, 0.25) is 20.0 Å². The summed E-state index contributed by atoms with van der Waals surface area (Å²) in [6.45, 7) is 13.4. The minimum absolute atomic E-state index is 0.0200. The number of amides is 4. The van der Waals surface area contributed by atoms with Crippen molar-refractivity contribution < 1.29 is 40.6 Å². The quantitative estimate of drug-likeness (QED) is 0.0603. The van der Waals surface area contributed by atoms with Gasteiger partial charge in [-0.3, -0.25) is 9.80 Å². The lowest BCUT2D eigenvalue weighted by Gasteiger charge is -2.41. The number of nitrogens with zero attached hydrogens (tertiary/aromatic N) is 4. The lowest BCUT2D eigenvalue weighted by atomic mass is 9.98. The Hall–Kier alpha value is -4.64. The second-order valence-corrected chi connectivity index (χ2v) is 23.1. The van der Waals surface area contributed by atoms with Crippen LogP contribution in [0.5, 0.6) is 5.75 Å². The Kier molecular flexibility index (Phi) is 20.5. The van der Waals surface area contributed by atoms with Crippen LogP contribution in [0.2, 0.25) is 5.02 Å². The first kappa shape index (κ1) is 56.1. The fourth-order valence-corrected chi connectivity index (χ4v) is 12.7. The second-order valence-electron chi connectivity index (χ2n) is 19.4. The number of likely N-dealkylation sites (tertiary alicyclic amines) is 2. The van der Waals surface area contributed by atoms with Gasteiger partial charge in [-0.25, -0.2) is 36.3 Å². The zero-order chi connectivity index (χ0) is 52.0. The maximum absolute atomic E-state index is 13.5.